The summed E-state index contributed by atoms with van der Waals surface area (Å²) in [6, 6.07) is 19.5. The highest BCUT2D eigenvalue weighted by atomic mass is 79.9. The fourth-order valence-electron chi connectivity index (χ4n) is 5.89. The molecule has 40 heavy (non-hydrogen) atoms. The minimum atomic E-state index is -0.928. The van der Waals surface area contributed by atoms with Crippen molar-refractivity contribution in [2.24, 2.45) is 11.8 Å². The van der Waals surface area contributed by atoms with Crippen molar-refractivity contribution in [1.29, 1.82) is 0 Å². The van der Waals surface area contributed by atoms with Crippen LogP contribution in [0.15, 0.2) is 101 Å². The number of halogens is 1. The molecule has 0 aliphatic carbocycles. The van der Waals surface area contributed by atoms with Crippen LogP contribution in [0.3, 0.4) is 0 Å². The molecule has 4 atom stereocenters. The molecule has 0 saturated carbocycles. The maximum absolute atomic E-state index is 14.1. The van der Waals surface area contributed by atoms with Gasteiger partial charge in [-0.1, -0.05) is 54.1 Å². The summed E-state index contributed by atoms with van der Waals surface area (Å²) in [5.41, 5.74) is 2.79. The number of imide groups is 1. The summed E-state index contributed by atoms with van der Waals surface area (Å²) in [6.45, 7) is 1.93. The number of rotatable bonds is 6. The van der Waals surface area contributed by atoms with Gasteiger partial charge in [0.2, 0.25) is 11.8 Å². The number of allylic oxidation sites excluding steroid dienone is 2. The van der Waals surface area contributed by atoms with Crippen molar-refractivity contribution in [3.8, 4) is 5.75 Å². The maximum atomic E-state index is 14.1. The Morgan fingerprint density at radius 3 is 2.25 bits per heavy atom. The van der Waals surface area contributed by atoms with Gasteiger partial charge in [-0.2, -0.15) is 0 Å². The number of hydrogen-bond acceptors (Lipinski definition) is 6. The van der Waals surface area contributed by atoms with Crippen LogP contribution >= 0.6 is 15.9 Å². The van der Waals surface area contributed by atoms with E-state index >= 15 is 0 Å². The minimum Gasteiger partial charge on any atom is -0.496 e. The summed E-state index contributed by atoms with van der Waals surface area (Å²) in [7, 11) is 1.54. The third-order valence-electron chi connectivity index (χ3n) is 7.84. The van der Waals surface area contributed by atoms with Crippen LogP contribution in [-0.2, 0) is 9.59 Å². The molecule has 0 N–H and O–H groups in total. The smallest absolute Gasteiger partial charge is 0.240 e. The number of ether oxygens (including phenoxy) is 1. The average Bonchev–Trinajstić information content (AvgIpc) is 3.44. The van der Waals surface area contributed by atoms with E-state index in [1.165, 1.54) is 12.0 Å². The number of hydrogen-bond donors (Lipinski definition) is 0. The number of Topliss-reactive ketones (excluding diaryl/α,β-unsaturated/α-hetero) is 2. The van der Waals surface area contributed by atoms with Gasteiger partial charge < -0.3 is 9.64 Å². The van der Waals surface area contributed by atoms with E-state index in [0.717, 1.165) is 5.56 Å². The molecule has 3 aromatic rings. The first-order valence-corrected chi connectivity index (χ1v) is 13.7. The van der Waals surface area contributed by atoms with Crippen LogP contribution in [0.4, 0.5) is 5.69 Å². The Balaban J connectivity index is 1.43. The molecule has 2 saturated heterocycles. The first-order valence-electron chi connectivity index (χ1n) is 12.9. The Morgan fingerprint density at radius 2 is 1.57 bits per heavy atom. The molecule has 0 spiro atoms. The second-order valence-corrected chi connectivity index (χ2v) is 11.0. The van der Waals surface area contributed by atoms with Crippen molar-refractivity contribution < 1.29 is 23.9 Å². The Kier molecular flexibility index (Phi) is 6.50. The Hall–Kier alpha value is -4.30. The van der Waals surface area contributed by atoms with Crippen LogP contribution in [0.5, 0.6) is 5.75 Å². The topological polar surface area (TPSA) is 84.0 Å². The van der Waals surface area contributed by atoms with E-state index in [4.69, 9.17) is 4.74 Å². The second kappa shape index (κ2) is 10.0. The van der Waals surface area contributed by atoms with Crippen molar-refractivity contribution in [1.82, 2.24) is 4.90 Å². The van der Waals surface area contributed by atoms with Gasteiger partial charge in [0, 0.05) is 22.9 Å². The number of carbonyl (C=O) groups is 4. The number of anilines is 1. The first kappa shape index (κ1) is 26.0. The number of aryl methyl sites for hydroxylation is 1. The van der Waals surface area contributed by atoms with Crippen molar-refractivity contribution in [3.63, 3.8) is 0 Å². The zero-order valence-corrected chi connectivity index (χ0v) is 23.4. The number of fused-ring (bicyclic) bond motifs is 3. The van der Waals surface area contributed by atoms with Crippen LogP contribution in [0.25, 0.3) is 0 Å². The summed E-state index contributed by atoms with van der Waals surface area (Å²) in [5, 5.41) is 0. The van der Waals surface area contributed by atoms with Crippen LogP contribution in [0.1, 0.15) is 26.3 Å². The number of amides is 2. The van der Waals surface area contributed by atoms with E-state index in [9.17, 15) is 19.2 Å². The number of benzene rings is 3. The van der Waals surface area contributed by atoms with Crippen molar-refractivity contribution >= 4 is 45.0 Å². The molecule has 8 heteroatoms. The normalized spacial score (nSPS) is 23.1. The molecule has 3 aromatic carbocycles. The van der Waals surface area contributed by atoms with Gasteiger partial charge in [-0.25, -0.2) is 4.90 Å². The lowest BCUT2D eigenvalue weighted by Crippen LogP contribution is -2.46. The predicted octanol–water partition coefficient (Wildman–Crippen LogP) is 5.14. The zero-order valence-electron chi connectivity index (χ0n) is 21.8. The van der Waals surface area contributed by atoms with Gasteiger partial charge in [-0.15, -0.1) is 0 Å². The minimum absolute atomic E-state index is 0.186. The lowest BCUT2D eigenvalue weighted by Gasteiger charge is -2.33. The van der Waals surface area contributed by atoms with E-state index in [2.05, 4.69) is 15.9 Å². The molecule has 2 fully saturated rings. The molecule has 0 bridgehead atoms. The van der Waals surface area contributed by atoms with Gasteiger partial charge >= 0.3 is 0 Å². The standard InChI is InChI=1S/C32H25BrN2O5/c1-18-8-11-22(12-9-18)35-31(38)26-24-17-21(29(36)19-6-4-3-5-7-19)14-15-34(24)28(27(26)32(35)39)30(37)20-10-13-25(40-2)23(33)16-20/h3-17,24,26-28H,1-2H3/t24-,26-,27+,28-/m0/s1. The largest absolute Gasteiger partial charge is 0.496 e. The van der Waals surface area contributed by atoms with E-state index < -0.39 is 29.8 Å². The quantitative estimate of drug-likeness (QED) is 0.289. The molecule has 200 valence electrons. The number of methoxy groups -OCH3 is 1. The molecule has 0 aromatic heterocycles. The SMILES string of the molecule is COc1ccc(C(=O)[C@@H]2[C@@H]3C(=O)N(c4ccc(C)cc4)C(=O)[C@H]3[C@@H]3C=C(C(=O)c4ccccc4)C=CN23)cc1Br. The van der Waals surface area contributed by atoms with Crippen molar-refractivity contribution in [2.45, 2.75) is 19.0 Å². The lowest BCUT2D eigenvalue weighted by atomic mass is 9.85. The third-order valence-corrected chi connectivity index (χ3v) is 8.46. The van der Waals surface area contributed by atoms with Crippen molar-refractivity contribution in [2.75, 3.05) is 12.0 Å². The second-order valence-electron chi connectivity index (χ2n) is 10.1. The Labute approximate surface area is 239 Å². The van der Waals surface area contributed by atoms with E-state index in [1.807, 2.05) is 25.1 Å². The Morgan fingerprint density at radius 1 is 0.875 bits per heavy atom. The van der Waals surface area contributed by atoms with Gasteiger partial charge in [0.05, 0.1) is 35.1 Å². The number of nitrogens with zero attached hydrogens (tertiary/aromatic N) is 2. The monoisotopic (exact) mass is 596 g/mol. The summed E-state index contributed by atoms with van der Waals surface area (Å²) in [5.74, 6) is -2.44. The molecule has 2 amide bonds. The van der Waals surface area contributed by atoms with Crippen LogP contribution in [0.2, 0.25) is 0 Å². The maximum Gasteiger partial charge on any atom is 0.240 e. The van der Waals surface area contributed by atoms with Gasteiger partial charge in [0.25, 0.3) is 0 Å². The molecular weight excluding hydrogens is 572 g/mol. The fourth-order valence-corrected chi connectivity index (χ4v) is 6.43. The molecule has 3 heterocycles. The summed E-state index contributed by atoms with van der Waals surface area (Å²) < 4.78 is 5.91. The predicted molar refractivity (Wildman–Crippen MR) is 153 cm³/mol. The zero-order chi connectivity index (χ0) is 28.1. The number of carbonyl (C=O) groups excluding carboxylic acids is 4. The third kappa shape index (κ3) is 4.10. The van der Waals surface area contributed by atoms with Crippen LogP contribution in [0, 0.1) is 18.8 Å². The average molecular weight is 597 g/mol. The molecule has 0 unspecified atom stereocenters. The molecule has 0 radical (unpaired) electrons. The van der Waals surface area contributed by atoms with Gasteiger partial charge in [-0.05, 0) is 59.3 Å². The van der Waals surface area contributed by atoms with E-state index in [0.29, 0.717) is 32.6 Å². The van der Waals surface area contributed by atoms with Gasteiger partial charge in [0.1, 0.15) is 11.8 Å². The summed E-state index contributed by atoms with van der Waals surface area (Å²) >= 11 is 3.44. The molecular formula is C32H25BrN2O5. The summed E-state index contributed by atoms with van der Waals surface area (Å²) in [4.78, 5) is 58.2. The van der Waals surface area contributed by atoms with Crippen LogP contribution in [-0.4, -0.2) is 47.5 Å². The van der Waals surface area contributed by atoms with E-state index in [-0.39, 0.29) is 17.5 Å². The lowest BCUT2D eigenvalue weighted by molar-refractivity contribution is -0.123. The van der Waals surface area contributed by atoms with Gasteiger partial charge in [-0.3, -0.25) is 19.2 Å². The molecule has 7 nitrogen and oxygen atoms in total. The number of ketones is 2. The highest BCUT2D eigenvalue weighted by Gasteiger charge is 2.63. The first-order chi connectivity index (χ1) is 19.3. The molecule has 3 aliphatic heterocycles. The Bertz CT molecular complexity index is 1610. The summed E-state index contributed by atoms with van der Waals surface area (Å²) in [6.07, 6.45) is 5.06. The molecule has 6 rings (SSSR count). The molecule has 3 aliphatic rings. The van der Waals surface area contributed by atoms with Crippen molar-refractivity contribution in [3.05, 3.63) is 118 Å². The van der Waals surface area contributed by atoms with Crippen LogP contribution < -0.4 is 9.64 Å². The highest BCUT2D eigenvalue weighted by molar-refractivity contribution is 9.10. The fraction of sp³-hybridized carbons (Fsp3) is 0.188. The van der Waals surface area contributed by atoms with Gasteiger partial charge in [0.15, 0.2) is 11.6 Å². The van der Waals surface area contributed by atoms with E-state index in [1.54, 1.807) is 77.8 Å². The highest BCUT2D eigenvalue weighted by Crippen LogP contribution is 2.47.